The lowest BCUT2D eigenvalue weighted by molar-refractivity contribution is 0.110. The van der Waals surface area contributed by atoms with E-state index >= 15 is 0 Å². The van der Waals surface area contributed by atoms with E-state index in [4.69, 9.17) is 14.5 Å². The quantitative estimate of drug-likeness (QED) is 0.520. The van der Waals surface area contributed by atoms with Crippen molar-refractivity contribution in [2.45, 2.75) is 33.2 Å². The van der Waals surface area contributed by atoms with Gasteiger partial charge in [0.1, 0.15) is 11.3 Å². The molecule has 2 aliphatic rings. The van der Waals surface area contributed by atoms with Crippen molar-refractivity contribution >= 4 is 38.9 Å². The number of aromatic amines is 1. The lowest BCUT2D eigenvalue weighted by atomic mass is 10.2. The Hall–Kier alpha value is -2.79. The summed E-state index contributed by atoms with van der Waals surface area (Å²) in [7, 11) is 0. The van der Waals surface area contributed by atoms with Crippen LogP contribution in [0.2, 0.25) is 0 Å². The van der Waals surface area contributed by atoms with Crippen LogP contribution in [0.4, 0.5) is 10.5 Å². The van der Waals surface area contributed by atoms with E-state index in [2.05, 4.69) is 60.8 Å². The number of halogens is 1. The number of hydrogen-bond acceptors (Lipinski definition) is 7. The molecule has 3 aromatic rings. The Morgan fingerprint density at radius 2 is 2.12 bits per heavy atom. The highest BCUT2D eigenvalue weighted by molar-refractivity contribution is 9.10. The number of amides is 1. The number of carbonyl (C=O) groups excluding carboxylic acids is 1. The molecule has 2 fully saturated rings. The Morgan fingerprint density at radius 1 is 1.32 bits per heavy atom. The van der Waals surface area contributed by atoms with Crippen LogP contribution >= 0.6 is 15.9 Å². The second-order valence-electron chi connectivity index (χ2n) is 8.70. The molecule has 3 aromatic heterocycles. The van der Waals surface area contributed by atoms with Crippen LogP contribution in [-0.4, -0.2) is 82.7 Å². The van der Waals surface area contributed by atoms with Gasteiger partial charge < -0.3 is 29.7 Å². The average molecular weight is 532 g/mol. The molecule has 2 saturated heterocycles. The first kappa shape index (κ1) is 23.0. The van der Waals surface area contributed by atoms with E-state index in [9.17, 15) is 4.79 Å². The smallest absolute Gasteiger partial charge is 0.409 e. The Labute approximate surface area is 206 Å². The summed E-state index contributed by atoms with van der Waals surface area (Å²) < 4.78 is 13.8. The van der Waals surface area contributed by atoms with Gasteiger partial charge >= 0.3 is 6.09 Å². The number of ether oxygens (including phenoxy) is 2. The molecule has 34 heavy (non-hydrogen) atoms. The van der Waals surface area contributed by atoms with Gasteiger partial charge in [-0.1, -0.05) is 0 Å². The monoisotopic (exact) mass is 531 g/mol. The van der Waals surface area contributed by atoms with Gasteiger partial charge in [-0.2, -0.15) is 0 Å². The first-order valence-electron chi connectivity index (χ1n) is 11.7. The van der Waals surface area contributed by atoms with Gasteiger partial charge in [0.05, 0.1) is 43.1 Å². The fraction of sp³-hybridized carbons (Fsp3) is 0.522. The molecule has 2 aliphatic heterocycles. The number of anilines is 1. The zero-order valence-corrected chi connectivity index (χ0v) is 21.3. The summed E-state index contributed by atoms with van der Waals surface area (Å²) in [4.78, 5) is 26.7. The maximum absolute atomic E-state index is 12.1. The molecule has 0 saturated carbocycles. The molecule has 1 atom stereocenters. The van der Waals surface area contributed by atoms with Crippen LogP contribution in [0, 0.1) is 13.8 Å². The van der Waals surface area contributed by atoms with E-state index in [1.165, 1.54) is 0 Å². The summed E-state index contributed by atoms with van der Waals surface area (Å²) in [6.07, 6.45) is 2.35. The average Bonchev–Trinajstić information content (AvgIpc) is 3.54. The van der Waals surface area contributed by atoms with E-state index < -0.39 is 0 Å². The molecular formula is C23H30BrN7O3. The Balaban J connectivity index is 1.43. The summed E-state index contributed by atoms with van der Waals surface area (Å²) in [5.74, 6) is 0.788. The van der Waals surface area contributed by atoms with Crippen molar-refractivity contribution in [3.8, 4) is 11.4 Å². The van der Waals surface area contributed by atoms with Gasteiger partial charge in [-0.05, 0) is 49.2 Å². The number of nitrogens with zero attached hydrogens (tertiary/aromatic N) is 5. The number of imidazole rings is 1. The van der Waals surface area contributed by atoms with Crippen LogP contribution in [0.5, 0.6) is 0 Å². The zero-order chi connectivity index (χ0) is 23.8. The van der Waals surface area contributed by atoms with E-state index in [1.807, 2.05) is 6.92 Å². The zero-order valence-electron chi connectivity index (χ0n) is 19.7. The molecule has 0 bridgehead atoms. The molecule has 5 heterocycles. The topological polar surface area (TPSA) is 101 Å². The van der Waals surface area contributed by atoms with Gasteiger partial charge in [-0.15, -0.1) is 0 Å². The number of carbonyl (C=O) groups is 1. The second kappa shape index (κ2) is 9.46. The van der Waals surface area contributed by atoms with Crippen LogP contribution in [0.15, 0.2) is 16.7 Å². The molecule has 0 unspecified atom stereocenters. The highest BCUT2D eigenvalue weighted by Gasteiger charge is 2.28. The number of aromatic nitrogens is 4. The number of pyridine rings is 1. The predicted molar refractivity (Wildman–Crippen MR) is 134 cm³/mol. The number of rotatable bonds is 5. The number of aryl methyl sites for hydroxylation is 1. The third-order valence-electron chi connectivity index (χ3n) is 6.46. The molecule has 1 amide bonds. The molecule has 0 spiro atoms. The minimum atomic E-state index is -0.259. The lowest BCUT2D eigenvalue weighted by Gasteiger charge is -2.32. The molecule has 11 heteroatoms. The standard InChI is InChI=1S/C23H30BrN7O3/c1-4-34-23(32)29-6-5-16(13-29)26-19-18(24)12-25-22-20(19)27-21(28-22)17-11-14(2)31(15(17)3)30-7-9-33-10-8-30/h11-12,16H,4-10,13H2,1-3H3,(H2,25,26,27,28)/t16-/m0/s1. The van der Waals surface area contributed by atoms with Gasteiger partial charge in [0.25, 0.3) is 0 Å². The van der Waals surface area contributed by atoms with Gasteiger partial charge in [-0.25, -0.2) is 14.8 Å². The van der Waals surface area contributed by atoms with Crippen molar-refractivity contribution in [2.24, 2.45) is 0 Å². The van der Waals surface area contributed by atoms with Crippen LogP contribution in [0.1, 0.15) is 24.7 Å². The maximum Gasteiger partial charge on any atom is 0.409 e. The third kappa shape index (κ3) is 4.22. The van der Waals surface area contributed by atoms with Crippen molar-refractivity contribution in [3.63, 3.8) is 0 Å². The predicted octanol–water partition coefficient (Wildman–Crippen LogP) is 3.42. The normalized spacial score (nSPS) is 18.6. The SMILES string of the molecule is CCOC(=O)N1CC[C@H](Nc2c(Br)cnc3nc(-c4cc(C)n(N5CCOCC5)c4C)[nH]c23)C1. The van der Waals surface area contributed by atoms with Gasteiger partial charge in [0, 0.05) is 42.3 Å². The fourth-order valence-electron chi connectivity index (χ4n) is 4.85. The van der Waals surface area contributed by atoms with E-state index in [0.29, 0.717) is 25.3 Å². The minimum absolute atomic E-state index is 0.115. The Morgan fingerprint density at radius 3 is 2.88 bits per heavy atom. The number of fused-ring (bicyclic) bond motifs is 1. The van der Waals surface area contributed by atoms with Crippen molar-refractivity contribution in [1.29, 1.82) is 0 Å². The molecule has 5 rings (SSSR count). The Bertz CT molecular complexity index is 1200. The summed E-state index contributed by atoms with van der Waals surface area (Å²) in [5, 5.41) is 5.91. The first-order chi connectivity index (χ1) is 16.5. The van der Waals surface area contributed by atoms with E-state index in [0.717, 1.165) is 71.2 Å². The van der Waals surface area contributed by atoms with Crippen molar-refractivity contribution in [2.75, 3.05) is 56.3 Å². The fourth-order valence-corrected chi connectivity index (χ4v) is 5.26. The van der Waals surface area contributed by atoms with Gasteiger partial charge in [0.2, 0.25) is 0 Å². The molecule has 10 nitrogen and oxygen atoms in total. The van der Waals surface area contributed by atoms with Gasteiger partial charge in [-0.3, -0.25) is 4.68 Å². The maximum atomic E-state index is 12.1. The summed E-state index contributed by atoms with van der Waals surface area (Å²) in [5.41, 5.74) is 5.74. The number of H-pyrrole nitrogens is 1. The highest BCUT2D eigenvalue weighted by atomic mass is 79.9. The lowest BCUT2D eigenvalue weighted by Crippen LogP contribution is -2.44. The summed E-state index contributed by atoms with van der Waals surface area (Å²) in [6.45, 7) is 10.9. The van der Waals surface area contributed by atoms with Crippen LogP contribution in [0.3, 0.4) is 0 Å². The van der Waals surface area contributed by atoms with Gasteiger partial charge in [0.15, 0.2) is 5.65 Å². The molecule has 0 radical (unpaired) electrons. The van der Waals surface area contributed by atoms with Crippen molar-refractivity contribution in [1.82, 2.24) is 24.5 Å². The number of morpholine rings is 1. The second-order valence-corrected chi connectivity index (χ2v) is 9.56. The van der Waals surface area contributed by atoms with E-state index in [1.54, 1.807) is 11.1 Å². The van der Waals surface area contributed by atoms with E-state index in [-0.39, 0.29) is 12.1 Å². The summed E-state index contributed by atoms with van der Waals surface area (Å²) >= 11 is 3.64. The van der Waals surface area contributed by atoms with Crippen LogP contribution in [-0.2, 0) is 9.47 Å². The molecule has 182 valence electrons. The highest BCUT2D eigenvalue weighted by Crippen LogP contribution is 2.34. The third-order valence-corrected chi connectivity index (χ3v) is 7.06. The molecule has 0 aliphatic carbocycles. The summed E-state index contributed by atoms with van der Waals surface area (Å²) in [6, 6.07) is 2.28. The minimum Gasteiger partial charge on any atom is -0.450 e. The van der Waals surface area contributed by atoms with Crippen molar-refractivity contribution < 1.29 is 14.3 Å². The number of hydrogen-bond donors (Lipinski definition) is 2. The first-order valence-corrected chi connectivity index (χ1v) is 12.5. The van der Waals surface area contributed by atoms with Crippen LogP contribution in [0.25, 0.3) is 22.6 Å². The molecular weight excluding hydrogens is 502 g/mol. The number of nitrogens with one attached hydrogen (secondary N) is 2. The Kier molecular flexibility index (Phi) is 6.39. The van der Waals surface area contributed by atoms with Crippen molar-refractivity contribution in [3.05, 3.63) is 28.1 Å². The largest absolute Gasteiger partial charge is 0.450 e. The molecule has 0 aromatic carbocycles. The number of likely N-dealkylation sites (tertiary alicyclic amines) is 1. The van der Waals surface area contributed by atoms with Crippen LogP contribution < -0.4 is 10.3 Å². The molecule has 2 N–H and O–H groups in total.